The molecule has 1 aromatic carbocycles. The van der Waals surface area contributed by atoms with Crippen LogP contribution in [0.4, 0.5) is 0 Å². The molecule has 2 aromatic rings. The molecule has 1 aliphatic heterocycles. The number of nitrogens with zero attached hydrogens (tertiary/aromatic N) is 2. The first-order valence-electron chi connectivity index (χ1n) is 8.78. The molecule has 0 unspecified atom stereocenters. The maximum Gasteiger partial charge on any atom is 0.211 e. The lowest BCUT2D eigenvalue weighted by molar-refractivity contribution is 0.199. The first-order valence-corrected chi connectivity index (χ1v) is 11.2. The number of hydrogen-bond donors (Lipinski definition) is 1. The van der Waals surface area contributed by atoms with Crippen molar-refractivity contribution in [1.82, 2.24) is 14.6 Å². The van der Waals surface area contributed by atoms with Crippen LogP contribution in [-0.2, 0) is 16.6 Å². The lowest BCUT2D eigenvalue weighted by Crippen LogP contribution is -2.44. The largest absolute Gasteiger partial charge is 0.297 e. The van der Waals surface area contributed by atoms with Gasteiger partial charge in [-0.1, -0.05) is 37.3 Å². The van der Waals surface area contributed by atoms with Gasteiger partial charge in [0, 0.05) is 25.3 Å². The summed E-state index contributed by atoms with van der Waals surface area (Å²) in [6.45, 7) is 4.53. The molecule has 1 N–H and O–H groups in total. The van der Waals surface area contributed by atoms with Crippen molar-refractivity contribution in [2.24, 2.45) is 0 Å². The fourth-order valence-electron chi connectivity index (χ4n) is 3.10. The van der Waals surface area contributed by atoms with E-state index in [9.17, 15) is 8.42 Å². The van der Waals surface area contributed by atoms with Crippen LogP contribution in [0.2, 0.25) is 0 Å². The Balaban J connectivity index is 1.50. The highest BCUT2D eigenvalue weighted by atomic mass is 32.2. The monoisotopic (exact) mass is 379 g/mol. The number of rotatable bonds is 7. The molecule has 1 saturated heterocycles. The molecule has 0 atom stereocenters. The molecule has 0 radical (unpaired) electrons. The Morgan fingerprint density at radius 3 is 2.64 bits per heavy atom. The highest BCUT2D eigenvalue weighted by Crippen LogP contribution is 2.27. The van der Waals surface area contributed by atoms with Crippen molar-refractivity contribution in [2.75, 3.05) is 18.8 Å². The van der Waals surface area contributed by atoms with Crippen molar-refractivity contribution in [1.29, 1.82) is 0 Å². The number of nitrogens with one attached hydrogen (secondary N) is 1. The third-order valence-corrected chi connectivity index (χ3v) is 7.05. The number of hydrogen-bond acceptors (Lipinski definition) is 5. The van der Waals surface area contributed by atoms with Gasteiger partial charge in [-0.3, -0.25) is 4.90 Å². The van der Waals surface area contributed by atoms with Gasteiger partial charge in [-0.05, 0) is 24.8 Å². The van der Waals surface area contributed by atoms with Crippen LogP contribution in [0.25, 0.3) is 10.4 Å². The molecule has 0 spiro atoms. The fourth-order valence-corrected chi connectivity index (χ4v) is 5.47. The number of benzene rings is 1. The van der Waals surface area contributed by atoms with Gasteiger partial charge in [-0.25, -0.2) is 18.1 Å². The Bertz CT molecular complexity index is 767. The molecule has 1 aromatic heterocycles. The Morgan fingerprint density at radius 1 is 1.24 bits per heavy atom. The number of piperidine rings is 1. The number of likely N-dealkylation sites (tertiary alicyclic amines) is 1. The zero-order valence-electron chi connectivity index (χ0n) is 14.5. The van der Waals surface area contributed by atoms with Crippen molar-refractivity contribution in [3.63, 3.8) is 0 Å². The van der Waals surface area contributed by atoms with Gasteiger partial charge in [0.15, 0.2) is 0 Å². The van der Waals surface area contributed by atoms with E-state index in [0.29, 0.717) is 6.42 Å². The van der Waals surface area contributed by atoms with Crippen molar-refractivity contribution in [2.45, 2.75) is 38.8 Å². The average molecular weight is 380 g/mol. The lowest BCUT2D eigenvalue weighted by atomic mass is 10.1. The van der Waals surface area contributed by atoms with Crippen molar-refractivity contribution in [3.8, 4) is 10.4 Å². The Kier molecular flexibility index (Phi) is 6.22. The quantitative estimate of drug-likeness (QED) is 0.803. The van der Waals surface area contributed by atoms with Crippen LogP contribution in [0.3, 0.4) is 0 Å². The van der Waals surface area contributed by atoms with Gasteiger partial charge in [0.1, 0.15) is 5.01 Å². The molecule has 2 heterocycles. The molecule has 1 fully saturated rings. The SMILES string of the molecule is CCCS(=O)(=O)NC1CCN(Cc2ncc(-c3ccccc3)s2)CC1. The van der Waals surface area contributed by atoms with Gasteiger partial charge < -0.3 is 0 Å². The number of sulfonamides is 1. The first kappa shape index (κ1) is 18.5. The fraction of sp³-hybridized carbons (Fsp3) is 0.500. The summed E-state index contributed by atoms with van der Waals surface area (Å²) in [5.41, 5.74) is 1.20. The van der Waals surface area contributed by atoms with Crippen LogP contribution in [-0.4, -0.2) is 43.2 Å². The van der Waals surface area contributed by atoms with Gasteiger partial charge in [-0.15, -0.1) is 11.3 Å². The minimum Gasteiger partial charge on any atom is -0.297 e. The van der Waals surface area contributed by atoms with Crippen LogP contribution < -0.4 is 4.72 Å². The van der Waals surface area contributed by atoms with E-state index in [-0.39, 0.29) is 11.8 Å². The second kappa shape index (κ2) is 8.40. The van der Waals surface area contributed by atoms with Crippen molar-refractivity contribution in [3.05, 3.63) is 41.5 Å². The predicted octanol–water partition coefficient (Wildman–Crippen LogP) is 3.10. The lowest BCUT2D eigenvalue weighted by Gasteiger charge is -2.31. The highest BCUT2D eigenvalue weighted by Gasteiger charge is 2.23. The van der Waals surface area contributed by atoms with E-state index in [1.54, 1.807) is 11.3 Å². The standard InChI is InChI=1S/C18H25N3O2S2/c1-2-12-25(22,23)20-16-8-10-21(11-9-16)14-18-19-13-17(24-18)15-6-4-3-5-7-15/h3-7,13,16,20H,2,8-12,14H2,1H3. The Labute approximate surface area is 154 Å². The van der Waals surface area contributed by atoms with Crippen LogP contribution >= 0.6 is 11.3 Å². The summed E-state index contributed by atoms with van der Waals surface area (Å²) >= 11 is 1.73. The van der Waals surface area contributed by atoms with Crippen LogP contribution in [0, 0.1) is 0 Å². The zero-order chi connectivity index (χ0) is 17.7. The molecule has 0 amide bonds. The molecular formula is C18H25N3O2S2. The third kappa shape index (κ3) is 5.34. The summed E-state index contributed by atoms with van der Waals surface area (Å²) in [4.78, 5) is 8.11. The summed E-state index contributed by atoms with van der Waals surface area (Å²) in [5, 5.41) is 1.11. The van der Waals surface area contributed by atoms with E-state index >= 15 is 0 Å². The second-order valence-electron chi connectivity index (χ2n) is 6.47. The van der Waals surface area contributed by atoms with Gasteiger partial charge in [-0.2, -0.15) is 0 Å². The maximum absolute atomic E-state index is 11.9. The second-order valence-corrected chi connectivity index (χ2v) is 9.46. The van der Waals surface area contributed by atoms with Crippen LogP contribution in [0.15, 0.2) is 36.5 Å². The summed E-state index contributed by atoms with van der Waals surface area (Å²) in [7, 11) is -3.11. The van der Waals surface area contributed by atoms with E-state index in [2.05, 4.69) is 26.7 Å². The van der Waals surface area contributed by atoms with Crippen LogP contribution in [0.1, 0.15) is 31.2 Å². The summed E-state index contributed by atoms with van der Waals surface area (Å²) < 4.78 is 26.6. The van der Waals surface area contributed by atoms with Gasteiger partial charge in [0.2, 0.25) is 10.0 Å². The van der Waals surface area contributed by atoms with Gasteiger partial charge in [0.05, 0.1) is 17.2 Å². The smallest absolute Gasteiger partial charge is 0.211 e. The van der Waals surface area contributed by atoms with E-state index < -0.39 is 10.0 Å². The van der Waals surface area contributed by atoms with Gasteiger partial charge >= 0.3 is 0 Å². The minimum absolute atomic E-state index is 0.0731. The topological polar surface area (TPSA) is 62.3 Å². The molecular weight excluding hydrogens is 354 g/mol. The Hall–Kier alpha value is -1.28. The van der Waals surface area contributed by atoms with E-state index in [1.807, 2.05) is 31.3 Å². The molecule has 0 saturated carbocycles. The van der Waals surface area contributed by atoms with Crippen LogP contribution in [0.5, 0.6) is 0 Å². The van der Waals surface area contributed by atoms with Crippen molar-refractivity contribution >= 4 is 21.4 Å². The molecule has 3 rings (SSSR count). The normalized spacial score (nSPS) is 17.0. The summed E-state index contributed by atoms with van der Waals surface area (Å²) in [6, 6.07) is 10.4. The number of aromatic nitrogens is 1. The third-order valence-electron chi connectivity index (χ3n) is 4.38. The van der Waals surface area contributed by atoms with Gasteiger partial charge in [0.25, 0.3) is 0 Å². The number of thiazole rings is 1. The maximum atomic E-state index is 11.9. The molecule has 0 bridgehead atoms. The highest BCUT2D eigenvalue weighted by molar-refractivity contribution is 7.89. The zero-order valence-corrected chi connectivity index (χ0v) is 16.2. The van der Waals surface area contributed by atoms with E-state index in [1.165, 1.54) is 10.4 Å². The summed E-state index contributed by atoms with van der Waals surface area (Å²) in [6.07, 6.45) is 4.32. The molecule has 25 heavy (non-hydrogen) atoms. The molecule has 136 valence electrons. The summed E-state index contributed by atoms with van der Waals surface area (Å²) in [5.74, 6) is 0.217. The first-order chi connectivity index (χ1) is 12.1. The minimum atomic E-state index is -3.11. The molecule has 7 heteroatoms. The molecule has 1 aliphatic rings. The molecule has 0 aliphatic carbocycles. The van der Waals surface area contributed by atoms with E-state index in [4.69, 9.17) is 0 Å². The predicted molar refractivity (Wildman–Crippen MR) is 103 cm³/mol. The van der Waals surface area contributed by atoms with Crippen molar-refractivity contribution < 1.29 is 8.42 Å². The van der Waals surface area contributed by atoms with E-state index in [0.717, 1.165) is 37.5 Å². The Morgan fingerprint density at radius 2 is 1.96 bits per heavy atom. The average Bonchev–Trinajstić information content (AvgIpc) is 3.06. The molecule has 5 nitrogen and oxygen atoms in total.